The number of hydrogen-bond donors (Lipinski definition) is 2. The highest BCUT2D eigenvalue weighted by molar-refractivity contribution is 5.91. The Kier molecular flexibility index (Phi) is 5.07. The number of carbonyl (C=O) groups is 1. The minimum absolute atomic E-state index is 0.160. The summed E-state index contributed by atoms with van der Waals surface area (Å²) >= 11 is 0. The Hall–Kier alpha value is -3.94. The Balaban J connectivity index is 1.44. The molecule has 0 radical (unpaired) electrons. The first-order chi connectivity index (χ1) is 14.1. The molecule has 0 aliphatic heterocycles. The van der Waals surface area contributed by atoms with E-state index in [0.717, 1.165) is 10.9 Å². The van der Waals surface area contributed by atoms with Gasteiger partial charge < -0.3 is 19.6 Å². The number of pyridine rings is 1. The quantitative estimate of drug-likeness (QED) is 0.523. The van der Waals surface area contributed by atoms with Gasteiger partial charge >= 0.3 is 0 Å². The number of fused-ring (bicyclic) bond motifs is 1. The molecule has 146 valence electrons. The summed E-state index contributed by atoms with van der Waals surface area (Å²) in [4.78, 5) is 31.5. The van der Waals surface area contributed by atoms with Crippen molar-refractivity contribution in [3.63, 3.8) is 0 Å². The standard InChI is InChI=1S/C21H18N4O4/c1-28-15-7-4-6-14(12-15)22-18(26)9-10-19-24-20(25-29-19)16-11-13-5-2-3-8-17(13)23-21(16)27/h2-8,11-12H,9-10H2,1H3,(H,22,26)(H,23,27). The molecule has 8 heteroatoms. The molecule has 2 aromatic heterocycles. The molecule has 0 saturated carbocycles. The molecule has 8 nitrogen and oxygen atoms in total. The molecular formula is C21H18N4O4. The summed E-state index contributed by atoms with van der Waals surface area (Å²) in [5.74, 6) is 0.945. The number of nitrogens with one attached hydrogen (secondary N) is 2. The molecule has 0 aliphatic rings. The minimum Gasteiger partial charge on any atom is -0.497 e. The van der Waals surface area contributed by atoms with Crippen LogP contribution in [0.2, 0.25) is 0 Å². The molecule has 4 rings (SSSR count). The average molecular weight is 390 g/mol. The van der Waals surface area contributed by atoms with Crippen LogP contribution in [0.15, 0.2) is 63.9 Å². The fourth-order valence-electron chi connectivity index (χ4n) is 2.92. The monoisotopic (exact) mass is 390 g/mol. The summed E-state index contributed by atoms with van der Waals surface area (Å²) in [5, 5.41) is 7.54. The number of carbonyl (C=O) groups excluding carboxylic acids is 1. The SMILES string of the molecule is COc1cccc(NC(=O)CCc2nc(-c3cc4ccccc4[nH]c3=O)no2)c1. The Morgan fingerprint density at radius 3 is 2.90 bits per heavy atom. The average Bonchev–Trinajstić information content (AvgIpc) is 3.20. The lowest BCUT2D eigenvalue weighted by molar-refractivity contribution is -0.116. The van der Waals surface area contributed by atoms with E-state index in [9.17, 15) is 9.59 Å². The summed E-state index contributed by atoms with van der Waals surface area (Å²) in [5.41, 5.74) is 1.40. The molecule has 29 heavy (non-hydrogen) atoms. The first-order valence-electron chi connectivity index (χ1n) is 9.01. The molecule has 2 heterocycles. The fraction of sp³-hybridized carbons (Fsp3) is 0.143. The lowest BCUT2D eigenvalue weighted by Gasteiger charge is -2.06. The lowest BCUT2D eigenvalue weighted by atomic mass is 10.1. The van der Waals surface area contributed by atoms with Gasteiger partial charge in [-0.15, -0.1) is 0 Å². The van der Waals surface area contributed by atoms with Crippen LogP contribution in [0.5, 0.6) is 5.75 Å². The number of ether oxygens (including phenoxy) is 1. The predicted molar refractivity (Wildman–Crippen MR) is 108 cm³/mol. The van der Waals surface area contributed by atoms with E-state index in [2.05, 4.69) is 20.4 Å². The van der Waals surface area contributed by atoms with E-state index >= 15 is 0 Å². The zero-order valence-corrected chi connectivity index (χ0v) is 15.6. The predicted octanol–water partition coefficient (Wildman–Crippen LogP) is 3.16. The van der Waals surface area contributed by atoms with Crippen molar-refractivity contribution in [1.82, 2.24) is 15.1 Å². The van der Waals surface area contributed by atoms with Crippen LogP contribution in [0, 0.1) is 0 Å². The zero-order valence-electron chi connectivity index (χ0n) is 15.6. The number of aromatic nitrogens is 3. The lowest BCUT2D eigenvalue weighted by Crippen LogP contribution is -2.12. The minimum atomic E-state index is -0.299. The topological polar surface area (TPSA) is 110 Å². The van der Waals surface area contributed by atoms with Gasteiger partial charge in [0.2, 0.25) is 17.6 Å². The van der Waals surface area contributed by atoms with Gasteiger partial charge in [0.05, 0.1) is 12.7 Å². The molecule has 0 bridgehead atoms. The van der Waals surface area contributed by atoms with Gasteiger partial charge in [0.15, 0.2) is 0 Å². The number of aryl methyl sites for hydroxylation is 1. The number of nitrogens with zero attached hydrogens (tertiary/aromatic N) is 2. The van der Waals surface area contributed by atoms with E-state index in [1.807, 2.05) is 24.3 Å². The third-order valence-electron chi connectivity index (χ3n) is 4.38. The number of anilines is 1. The zero-order chi connectivity index (χ0) is 20.2. The van der Waals surface area contributed by atoms with Crippen LogP contribution in [-0.2, 0) is 11.2 Å². The van der Waals surface area contributed by atoms with E-state index < -0.39 is 0 Å². The van der Waals surface area contributed by atoms with Gasteiger partial charge in [-0.2, -0.15) is 4.98 Å². The normalized spacial score (nSPS) is 10.8. The van der Waals surface area contributed by atoms with Crippen molar-refractivity contribution in [3.05, 3.63) is 70.8 Å². The van der Waals surface area contributed by atoms with Gasteiger partial charge in [0.1, 0.15) is 5.75 Å². The van der Waals surface area contributed by atoms with Gasteiger partial charge in [0, 0.05) is 30.1 Å². The second kappa shape index (κ2) is 7.97. The van der Waals surface area contributed by atoms with Crippen LogP contribution in [0.3, 0.4) is 0 Å². The highest BCUT2D eigenvalue weighted by Crippen LogP contribution is 2.19. The number of benzene rings is 2. The molecule has 0 aliphatic carbocycles. The van der Waals surface area contributed by atoms with Crippen LogP contribution in [0.1, 0.15) is 12.3 Å². The van der Waals surface area contributed by atoms with Gasteiger partial charge in [0.25, 0.3) is 5.56 Å². The van der Waals surface area contributed by atoms with Gasteiger partial charge in [-0.3, -0.25) is 9.59 Å². The molecule has 0 unspecified atom stereocenters. The van der Waals surface area contributed by atoms with Crippen LogP contribution in [0.4, 0.5) is 5.69 Å². The number of para-hydroxylation sites is 1. The molecule has 0 atom stereocenters. The first-order valence-corrected chi connectivity index (χ1v) is 9.01. The van der Waals surface area contributed by atoms with E-state index in [0.29, 0.717) is 17.0 Å². The number of aromatic amines is 1. The highest BCUT2D eigenvalue weighted by Gasteiger charge is 2.14. The van der Waals surface area contributed by atoms with Gasteiger partial charge in [-0.1, -0.05) is 29.4 Å². The second-order valence-corrected chi connectivity index (χ2v) is 6.39. The molecule has 4 aromatic rings. The smallest absolute Gasteiger partial charge is 0.259 e. The van der Waals surface area contributed by atoms with Crippen molar-refractivity contribution < 1.29 is 14.1 Å². The summed E-state index contributed by atoms with van der Waals surface area (Å²) < 4.78 is 10.3. The third kappa shape index (κ3) is 4.16. The van der Waals surface area contributed by atoms with Crippen molar-refractivity contribution in [2.75, 3.05) is 12.4 Å². The molecule has 0 spiro atoms. The summed E-state index contributed by atoms with van der Waals surface area (Å²) in [7, 11) is 1.56. The number of methoxy groups -OCH3 is 1. The fourth-order valence-corrected chi connectivity index (χ4v) is 2.92. The number of rotatable bonds is 6. The van der Waals surface area contributed by atoms with Crippen molar-refractivity contribution in [2.24, 2.45) is 0 Å². The maximum atomic E-state index is 12.3. The van der Waals surface area contributed by atoms with E-state index in [-0.39, 0.29) is 36.0 Å². The molecule has 2 aromatic carbocycles. The van der Waals surface area contributed by atoms with Crippen molar-refractivity contribution in [2.45, 2.75) is 12.8 Å². The van der Waals surface area contributed by atoms with Gasteiger partial charge in [-0.25, -0.2) is 0 Å². The molecule has 0 saturated heterocycles. The largest absolute Gasteiger partial charge is 0.497 e. The number of amides is 1. The maximum absolute atomic E-state index is 12.3. The van der Waals surface area contributed by atoms with E-state index in [1.165, 1.54) is 0 Å². The maximum Gasteiger partial charge on any atom is 0.259 e. The van der Waals surface area contributed by atoms with Crippen molar-refractivity contribution in [1.29, 1.82) is 0 Å². The van der Waals surface area contributed by atoms with Crippen LogP contribution in [-0.4, -0.2) is 28.1 Å². The van der Waals surface area contributed by atoms with Crippen LogP contribution >= 0.6 is 0 Å². The number of hydrogen-bond acceptors (Lipinski definition) is 6. The molecule has 2 N–H and O–H groups in total. The van der Waals surface area contributed by atoms with E-state index in [1.54, 1.807) is 37.4 Å². The Labute approximate surface area is 165 Å². The first kappa shape index (κ1) is 18.4. The van der Waals surface area contributed by atoms with Crippen molar-refractivity contribution >= 4 is 22.5 Å². The Bertz CT molecular complexity index is 1230. The summed E-state index contributed by atoms with van der Waals surface area (Å²) in [6.45, 7) is 0. The Morgan fingerprint density at radius 1 is 1.17 bits per heavy atom. The summed E-state index contributed by atoms with van der Waals surface area (Å²) in [6, 6.07) is 16.3. The molecular weight excluding hydrogens is 372 g/mol. The molecule has 0 fully saturated rings. The van der Waals surface area contributed by atoms with Crippen molar-refractivity contribution in [3.8, 4) is 17.1 Å². The number of H-pyrrole nitrogens is 1. The second-order valence-electron chi connectivity index (χ2n) is 6.39. The molecule has 1 amide bonds. The van der Waals surface area contributed by atoms with Gasteiger partial charge in [-0.05, 0) is 29.7 Å². The Morgan fingerprint density at radius 2 is 2.03 bits per heavy atom. The third-order valence-corrected chi connectivity index (χ3v) is 4.38. The van der Waals surface area contributed by atoms with Crippen LogP contribution in [0.25, 0.3) is 22.3 Å². The highest BCUT2D eigenvalue weighted by atomic mass is 16.5. The summed E-state index contributed by atoms with van der Waals surface area (Å²) in [6.07, 6.45) is 0.418. The van der Waals surface area contributed by atoms with E-state index in [4.69, 9.17) is 9.26 Å². The van der Waals surface area contributed by atoms with Crippen LogP contribution < -0.4 is 15.6 Å².